The van der Waals surface area contributed by atoms with Crippen LogP contribution in [0.1, 0.15) is 28.8 Å². The lowest BCUT2D eigenvalue weighted by Crippen LogP contribution is -2.20. The summed E-state index contributed by atoms with van der Waals surface area (Å²) in [6.07, 6.45) is 4.82. The van der Waals surface area contributed by atoms with Crippen LogP contribution in [0, 0.1) is 0 Å². The zero-order valence-corrected chi connectivity index (χ0v) is 12.2. The Bertz CT molecular complexity index is 520. The van der Waals surface area contributed by atoms with Crippen molar-refractivity contribution in [1.29, 1.82) is 0 Å². The minimum Gasteiger partial charge on any atom is -0.289 e. The molecule has 0 radical (unpaired) electrons. The van der Waals surface area contributed by atoms with Crippen LogP contribution in [0.2, 0.25) is 0 Å². The fourth-order valence-electron chi connectivity index (χ4n) is 2.13. The fourth-order valence-corrected chi connectivity index (χ4v) is 2.88. The van der Waals surface area contributed by atoms with E-state index in [-0.39, 0.29) is 12.3 Å². The van der Waals surface area contributed by atoms with Gasteiger partial charge in [0.05, 0.1) is 6.42 Å². The minimum atomic E-state index is -0.381. The van der Waals surface area contributed by atoms with E-state index in [0.29, 0.717) is 0 Å². The molecule has 2 N–H and O–H groups in total. The highest BCUT2D eigenvalue weighted by Crippen LogP contribution is 2.14. The van der Waals surface area contributed by atoms with Crippen LogP contribution in [0.15, 0.2) is 41.8 Å². The maximum atomic E-state index is 11.0. The van der Waals surface area contributed by atoms with Crippen LogP contribution in [0.5, 0.6) is 0 Å². The number of amides is 1. The Balaban J connectivity index is 1.72. The summed E-state index contributed by atoms with van der Waals surface area (Å²) < 4.78 is 0. The lowest BCUT2D eigenvalue weighted by atomic mass is 10.0. The van der Waals surface area contributed by atoms with Crippen LogP contribution in [-0.4, -0.2) is 11.1 Å². The first-order chi connectivity index (χ1) is 9.78. The molecule has 20 heavy (non-hydrogen) atoms. The molecule has 0 atom stereocenters. The average molecular weight is 289 g/mol. The second kappa shape index (κ2) is 7.82. The van der Waals surface area contributed by atoms with E-state index in [1.165, 1.54) is 23.3 Å². The third-order valence-electron chi connectivity index (χ3n) is 3.23. The predicted octanol–water partition coefficient (Wildman–Crippen LogP) is 3.36. The monoisotopic (exact) mass is 289 g/mol. The summed E-state index contributed by atoms with van der Waals surface area (Å²) in [5.74, 6) is -0.381. The topological polar surface area (TPSA) is 49.3 Å². The van der Waals surface area contributed by atoms with Crippen LogP contribution in [0.3, 0.4) is 0 Å². The van der Waals surface area contributed by atoms with E-state index in [0.717, 1.165) is 18.4 Å². The van der Waals surface area contributed by atoms with Crippen LogP contribution < -0.4 is 5.48 Å². The molecule has 0 unspecified atom stereocenters. The normalized spacial score (nSPS) is 10.4. The predicted molar refractivity (Wildman–Crippen MR) is 81.0 cm³/mol. The first-order valence-corrected chi connectivity index (χ1v) is 7.69. The lowest BCUT2D eigenvalue weighted by Gasteiger charge is -2.04. The van der Waals surface area contributed by atoms with Gasteiger partial charge in [-0.25, -0.2) is 5.48 Å². The average Bonchev–Trinajstić information content (AvgIpc) is 2.98. The zero-order chi connectivity index (χ0) is 14.2. The first-order valence-electron chi connectivity index (χ1n) is 6.81. The summed E-state index contributed by atoms with van der Waals surface area (Å²) in [5.41, 5.74) is 3.86. The summed E-state index contributed by atoms with van der Waals surface area (Å²) in [4.78, 5) is 12.5. The van der Waals surface area contributed by atoms with E-state index in [1.54, 1.807) is 5.48 Å². The molecule has 1 amide bonds. The number of hydroxylamine groups is 1. The van der Waals surface area contributed by atoms with Crippen LogP contribution in [0.4, 0.5) is 0 Å². The van der Waals surface area contributed by atoms with E-state index in [9.17, 15) is 4.79 Å². The lowest BCUT2D eigenvalue weighted by molar-refractivity contribution is -0.128. The second-order valence-corrected chi connectivity index (χ2v) is 5.85. The molecule has 0 saturated carbocycles. The Morgan fingerprint density at radius 3 is 2.40 bits per heavy atom. The molecular weight excluding hydrogens is 270 g/mol. The third kappa shape index (κ3) is 4.79. The largest absolute Gasteiger partial charge is 0.289 e. The Kier molecular flexibility index (Phi) is 5.77. The molecule has 3 nitrogen and oxygen atoms in total. The number of carbonyl (C=O) groups is 1. The first kappa shape index (κ1) is 14.8. The summed E-state index contributed by atoms with van der Waals surface area (Å²) in [7, 11) is 0. The van der Waals surface area contributed by atoms with Gasteiger partial charge < -0.3 is 0 Å². The van der Waals surface area contributed by atoms with Gasteiger partial charge in [-0.05, 0) is 48.3 Å². The van der Waals surface area contributed by atoms with Crippen LogP contribution in [0.25, 0.3) is 0 Å². The number of carbonyl (C=O) groups excluding carboxylic acids is 1. The summed E-state index contributed by atoms with van der Waals surface area (Å²) in [5, 5.41) is 10.6. The van der Waals surface area contributed by atoms with Crippen molar-refractivity contribution >= 4 is 17.2 Å². The molecule has 106 valence electrons. The smallest absolute Gasteiger partial charge is 0.247 e. The van der Waals surface area contributed by atoms with E-state index >= 15 is 0 Å². The summed E-state index contributed by atoms with van der Waals surface area (Å²) in [6.45, 7) is 0. The van der Waals surface area contributed by atoms with Gasteiger partial charge in [0.25, 0.3) is 0 Å². The maximum Gasteiger partial charge on any atom is 0.247 e. The molecule has 2 rings (SSSR count). The number of rotatable bonds is 7. The Hall–Kier alpha value is -1.65. The molecule has 0 bridgehead atoms. The number of benzene rings is 1. The molecule has 1 aromatic carbocycles. The molecule has 4 heteroatoms. The van der Waals surface area contributed by atoms with Gasteiger partial charge >= 0.3 is 0 Å². The standard InChI is InChI=1S/C16H19NO2S/c18-16(17-19)12-14-9-7-13(8-10-14)4-1-2-5-15-6-3-11-20-15/h3,6-11,19H,1-2,4-5,12H2,(H,17,18). The highest BCUT2D eigenvalue weighted by molar-refractivity contribution is 7.09. The van der Waals surface area contributed by atoms with Gasteiger partial charge in [-0.1, -0.05) is 30.3 Å². The van der Waals surface area contributed by atoms with Crippen molar-refractivity contribution in [2.75, 3.05) is 0 Å². The van der Waals surface area contributed by atoms with Crippen molar-refractivity contribution in [3.05, 3.63) is 57.8 Å². The zero-order valence-electron chi connectivity index (χ0n) is 11.3. The second-order valence-electron chi connectivity index (χ2n) is 4.81. The number of nitrogens with one attached hydrogen (secondary N) is 1. The fraction of sp³-hybridized carbons (Fsp3) is 0.312. The molecule has 0 fully saturated rings. The maximum absolute atomic E-state index is 11.0. The molecule has 1 heterocycles. The van der Waals surface area contributed by atoms with Crippen molar-refractivity contribution in [3.63, 3.8) is 0 Å². The van der Waals surface area contributed by atoms with Crippen molar-refractivity contribution in [3.8, 4) is 0 Å². The van der Waals surface area contributed by atoms with E-state index in [1.807, 2.05) is 23.5 Å². The van der Waals surface area contributed by atoms with Crippen molar-refractivity contribution in [1.82, 2.24) is 5.48 Å². The number of unbranched alkanes of at least 4 members (excludes halogenated alkanes) is 1. The van der Waals surface area contributed by atoms with Gasteiger partial charge in [0.1, 0.15) is 0 Å². The minimum absolute atomic E-state index is 0.217. The van der Waals surface area contributed by atoms with Gasteiger partial charge in [-0.2, -0.15) is 0 Å². The van der Waals surface area contributed by atoms with Gasteiger partial charge in [-0.3, -0.25) is 10.0 Å². The quantitative estimate of drug-likeness (QED) is 0.466. The van der Waals surface area contributed by atoms with Crippen molar-refractivity contribution in [2.45, 2.75) is 32.1 Å². The highest BCUT2D eigenvalue weighted by Gasteiger charge is 2.02. The Labute approximate surface area is 123 Å². The molecule has 0 aliphatic heterocycles. The Morgan fingerprint density at radius 1 is 1.05 bits per heavy atom. The molecule has 0 saturated heterocycles. The van der Waals surface area contributed by atoms with E-state index in [4.69, 9.17) is 5.21 Å². The molecular formula is C16H19NO2S. The summed E-state index contributed by atoms with van der Waals surface area (Å²) >= 11 is 1.82. The van der Waals surface area contributed by atoms with Crippen LogP contribution in [-0.2, 0) is 24.1 Å². The number of aryl methyl sites for hydroxylation is 2. The third-order valence-corrected chi connectivity index (χ3v) is 4.17. The number of thiophene rings is 1. The summed E-state index contributed by atoms with van der Waals surface area (Å²) in [6, 6.07) is 12.3. The van der Waals surface area contributed by atoms with Crippen molar-refractivity contribution in [2.24, 2.45) is 0 Å². The molecule has 0 spiro atoms. The van der Waals surface area contributed by atoms with Crippen LogP contribution >= 0.6 is 11.3 Å². The molecule has 0 aliphatic carbocycles. The number of hydrogen-bond acceptors (Lipinski definition) is 3. The van der Waals surface area contributed by atoms with Gasteiger partial charge in [0.2, 0.25) is 5.91 Å². The van der Waals surface area contributed by atoms with Gasteiger partial charge in [0, 0.05) is 4.88 Å². The molecule has 0 aliphatic rings. The van der Waals surface area contributed by atoms with E-state index in [2.05, 4.69) is 29.6 Å². The highest BCUT2D eigenvalue weighted by atomic mass is 32.1. The van der Waals surface area contributed by atoms with Gasteiger partial charge in [0.15, 0.2) is 0 Å². The molecule has 1 aromatic heterocycles. The van der Waals surface area contributed by atoms with Crippen molar-refractivity contribution < 1.29 is 10.0 Å². The molecule has 2 aromatic rings. The number of hydrogen-bond donors (Lipinski definition) is 2. The van der Waals surface area contributed by atoms with Gasteiger partial charge in [-0.15, -0.1) is 11.3 Å². The SMILES string of the molecule is O=C(Cc1ccc(CCCCc2cccs2)cc1)NO. The Morgan fingerprint density at radius 2 is 1.75 bits per heavy atom. The van der Waals surface area contributed by atoms with E-state index < -0.39 is 0 Å².